The number of benzene rings is 3. The van der Waals surface area contributed by atoms with E-state index in [9.17, 15) is 19.2 Å². The van der Waals surface area contributed by atoms with Gasteiger partial charge in [0, 0.05) is 31.2 Å². The standard InChI is InChI=1S/C59H87N5O11Si2/c1-17-28-72-58(69)63-53(37(2)3)55(66)60-41(10)54(65)61-47-24-18-42(19-25-47)35-73-57(68)62-50-33-52(75-77(38(4)5,39(6)7)40(8)9)51(70-14)32-49(50)56(67)64-34-46(31-48(64)36-74-76(15,16)59(11,12)13)44-22-20-43(21-23-44)45-26-29-71-30-27-45/h17-25,32-34,37-41,45,48,53H,1,26-31,35-36H2,2-16H3,(H,60,66)(H,61,65)(H,62,68)(H,63,69)/t41-,48-,53-/m0/s1. The molecular weight excluding hydrogens is 1010 g/mol. The van der Waals surface area contributed by atoms with Crippen LogP contribution in [0, 0.1) is 5.92 Å². The van der Waals surface area contributed by atoms with Crippen LogP contribution in [0.25, 0.3) is 5.57 Å². The van der Waals surface area contributed by atoms with Crippen molar-refractivity contribution in [2.24, 2.45) is 5.92 Å². The minimum absolute atomic E-state index is 0.0159. The summed E-state index contributed by atoms with van der Waals surface area (Å²) in [4.78, 5) is 69.5. The van der Waals surface area contributed by atoms with Crippen molar-refractivity contribution in [1.82, 2.24) is 15.5 Å². The number of anilines is 2. The highest BCUT2D eigenvalue weighted by Gasteiger charge is 2.48. The third kappa shape index (κ3) is 15.8. The third-order valence-electron chi connectivity index (χ3n) is 15.5. The molecule has 16 nitrogen and oxygen atoms in total. The van der Waals surface area contributed by atoms with Gasteiger partial charge in [-0.15, -0.1) is 0 Å². The lowest BCUT2D eigenvalue weighted by atomic mass is 9.90. The smallest absolute Gasteiger partial charge is 0.411 e. The summed E-state index contributed by atoms with van der Waals surface area (Å²) in [5, 5.41) is 10.8. The molecule has 422 valence electrons. The van der Waals surface area contributed by atoms with E-state index >= 15 is 4.79 Å². The van der Waals surface area contributed by atoms with Crippen LogP contribution in [0.15, 0.2) is 79.5 Å². The summed E-state index contributed by atoms with van der Waals surface area (Å²) in [7, 11) is -3.28. The number of rotatable bonds is 23. The van der Waals surface area contributed by atoms with Crippen LogP contribution < -0.4 is 30.4 Å². The van der Waals surface area contributed by atoms with E-state index in [-0.39, 0.29) is 64.0 Å². The van der Waals surface area contributed by atoms with Crippen LogP contribution in [0.5, 0.6) is 11.5 Å². The maximum Gasteiger partial charge on any atom is 0.411 e. The summed E-state index contributed by atoms with van der Waals surface area (Å²) in [6.07, 6.45) is 4.30. The number of amides is 5. The Morgan fingerprint density at radius 1 is 0.792 bits per heavy atom. The molecule has 0 radical (unpaired) electrons. The molecule has 0 saturated carbocycles. The van der Waals surface area contributed by atoms with Crippen LogP contribution in [-0.2, 0) is 34.8 Å². The maximum absolute atomic E-state index is 15.4. The van der Waals surface area contributed by atoms with E-state index in [1.54, 1.807) is 62.3 Å². The van der Waals surface area contributed by atoms with Gasteiger partial charge in [0.2, 0.25) is 11.8 Å². The molecule has 0 unspecified atom stereocenters. The van der Waals surface area contributed by atoms with E-state index in [2.05, 4.69) is 128 Å². The molecule has 18 heteroatoms. The lowest BCUT2D eigenvalue weighted by Gasteiger charge is -2.42. The van der Waals surface area contributed by atoms with Crippen molar-refractivity contribution in [3.05, 3.63) is 102 Å². The number of methoxy groups -OCH3 is 1. The number of hydrogen-bond acceptors (Lipinski definition) is 11. The molecule has 1 saturated heterocycles. The lowest BCUT2D eigenvalue weighted by Crippen LogP contribution is -2.53. The zero-order chi connectivity index (χ0) is 57.0. The molecule has 3 aromatic carbocycles. The average Bonchev–Trinajstić information content (AvgIpc) is 3.84. The fourth-order valence-electron chi connectivity index (χ4n) is 9.95. The van der Waals surface area contributed by atoms with E-state index in [0.717, 1.165) is 37.2 Å². The second-order valence-electron chi connectivity index (χ2n) is 23.1. The molecule has 0 spiro atoms. The molecule has 77 heavy (non-hydrogen) atoms. The maximum atomic E-state index is 15.4. The molecule has 2 aliphatic rings. The monoisotopic (exact) mass is 1100 g/mol. The highest BCUT2D eigenvalue weighted by atomic mass is 28.4. The van der Waals surface area contributed by atoms with Crippen LogP contribution in [0.4, 0.5) is 21.0 Å². The van der Waals surface area contributed by atoms with Crippen LogP contribution >= 0.6 is 0 Å². The quantitative estimate of drug-likeness (QED) is 0.0522. The first-order chi connectivity index (χ1) is 36.2. The number of carbonyl (C=O) groups is 5. The van der Waals surface area contributed by atoms with E-state index in [1.807, 2.05) is 6.20 Å². The Bertz CT molecular complexity index is 2530. The molecule has 3 atom stereocenters. The fourth-order valence-corrected chi connectivity index (χ4v) is 16.2. The molecule has 1 fully saturated rings. The Labute approximate surface area is 460 Å². The Morgan fingerprint density at radius 3 is 1.97 bits per heavy atom. The number of nitrogens with one attached hydrogen (secondary N) is 4. The Morgan fingerprint density at radius 2 is 1.42 bits per heavy atom. The molecule has 2 heterocycles. The van der Waals surface area contributed by atoms with Gasteiger partial charge in [-0.3, -0.25) is 19.7 Å². The Balaban J connectivity index is 1.42. The predicted octanol–water partition coefficient (Wildman–Crippen LogP) is 12.5. The van der Waals surface area contributed by atoms with Crippen molar-refractivity contribution >= 4 is 63.5 Å². The van der Waals surface area contributed by atoms with Gasteiger partial charge >= 0.3 is 12.2 Å². The Hall–Kier alpha value is -5.96. The first kappa shape index (κ1) is 61.9. The normalized spacial score (nSPS) is 16.2. The van der Waals surface area contributed by atoms with Crippen LogP contribution in [0.2, 0.25) is 34.8 Å². The van der Waals surface area contributed by atoms with Gasteiger partial charge in [-0.2, -0.15) is 0 Å². The first-order valence-electron chi connectivity index (χ1n) is 27.2. The van der Waals surface area contributed by atoms with Crippen molar-refractivity contribution < 1.29 is 51.8 Å². The fraction of sp³-hybridized carbons (Fsp3) is 0.542. The Kier molecular flexibility index (Phi) is 21.8. The molecule has 5 rings (SSSR count). The van der Waals surface area contributed by atoms with Gasteiger partial charge in [-0.1, -0.05) is 125 Å². The summed E-state index contributed by atoms with van der Waals surface area (Å²) in [5.41, 5.74) is 5.39. The minimum Gasteiger partial charge on any atom is -0.540 e. The third-order valence-corrected chi connectivity index (χ3v) is 25.9. The molecule has 4 N–H and O–H groups in total. The van der Waals surface area contributed by atoms with E-state index in [1.165, 1.54) is 18.6 Å². The largest absolute Gasteiger partial charge is 0.540 e. The second kappa shape index (κ2) is 27.1. The van der Waals surface area contributed by atoms with Crippen molar-refractivity contribution in [3.63, 3.8) is 0 Å². The van der Waals surface area contributed by atoms with E-state index in [0.29, 0.717) is 41.7 Å². The predicted molar refractivity (Wildman–Crippen MR) is 309 cm³/mol. The van der Waals surface area contributed by atoms with E-state index < -0.39 is 52.7 Å². The minimum atomic E-state index is -2.59. The van der Waals surface area contributed by atoms with Gasteiger partial charge in [-0.25, -0.2) is 9.59 Å². The summed E-state index contributed by atoms with van der Waals surface area (Å²) in [5.74, 6) is -0.436. The van der Waals surface area contributed by atoms with Crippen molar-refractivity contribution in [2.45, 2.75) is 168 Å². The van der Waals surface area contributed by atoms with Crippen molar-refractivity contribution in [3.8, 4) is 11.5 Å². The molecule has 2 aliphatic heterocycles. The van der Waals surface area contributed by atoms with Crippen molar-refractivity contribution in [2.75, 3.05) is 44.2 Å². The summed E-state index contributed by atoms with van der Waals surface area (Å²) >= 11 is 0. The van der Waals surface area contributed by atoms with Crippen molar-refractivity contribution in [1.29, 1.82) is 0 Å². The number of alkyl carbamates (subject to hydrolysis) is 1. The lowest BCUT2D eigenvalue weighted by molar-refractivity contribution is -0.128. The molecule has 3 aromatic rings. The zero-order valence-corrected chi connectivity index (χ0v) is 50.3. The molecule has 0 bridgehead atoms. The topological polar surface area (TPSA) is 192 Å². The SMILES string of the molecule is C=CCOC(=O)N[C@H](C(=O)N[C@@H](C)C(=O)Nc1ccc(COC(=O)Nc2cc(O[Si](C(C)C)(C(C)C)C(C)C)c(OC)cc2C(=O)N2C=C(c3ccc(C4CCOCC4)cc3)C[C@H]2CO[Si](C)(C)C(C)(C)C)cc1)C(C)C. The number of nitrogens with zero attached hydrogens (tertiary/aromatic N) is 1. The van der Waals surface area contributed by atoms with Gasteiger partial charge in [0.1, 0.15) is 31.0 Å². The zero-order valence-electron chi connectivity index (χ0n) is 48.3. The highest BCUT2D eigenvalue weighted by molar-refractivity contribution is 6.78. The van der Waals surface area contributed by atoms with Crippen LogP contribution in [-0.4, -0.2) is 103 Å². The van der Waals surface area contributed by atoms with Crippen LogP contribution in [0.1, 0.15) is 135 Å². The molecular formula is C59H87N5O11Si2. The molecule has 0 aliphatic carbocycles. The van der Waals surface area contributed by atoms with Crippen LogP contribution in [0.3, 0.4) is 0 Å². The van der Waals surface area contributed by atoms with Gasteiger partial charge in [-0.05, 0) is 113 Å². The average molecular weight is 1100 g/mol. The molecule has 0 aromatic heterocycles. The van der Waals surface area contributed by atoms with Gasteiger partial charge in [0.15, 0.2) is 14.1 Å². The summed E-state index contributed by atoms with van der Waals surface area (Å²) in [6.45, 7) is 34.4. The first-order valence-corrected chi connectivity index (χ1v) is 32.2. The van der Waals surface area contributed by atoms with Gasteiger partial charge in [0.25, 0.3) is 14.2 Å². The van der Waals surface area contributed by atoms with E-state index in [4.69, 9.17) is 27.8 Å². The highest BCUT2D eigenvalue weighted by Crippen LogP contribution is 2.47. The second-order valence-corrected chi connectivity index (χ2v) is 33.3. The van der Waals surface area contributed by atoms with Gasteiger partial charge in [0.05, 0.1) is 31.0 Å². The van der Waals surface area contributed by atoms with Gasteiger partial charge < -0.3 is 48.6 Å². The summed E-state index contributed by atoms with van der Waals surface area (Å²) < 4.78 is 36.4. The number of hydrogen-bond donors (Lipinski definition) is 4. The molecule has 5 amide bonds. The number of carbonyl (C=O) groups excluding carboxylic acids is 5. The number of ether oxygens (including phenoxy) is 4. The summed E-state index contributed by atoms with van der Waals surface area (Å²) in [6, 6.07) is 16.5.